The molecule has 4 heteroatoms. The van der Waals surface area contributed by atoms with Crippen LogP contribution in [0.15, 0.2) is 36.4 Å². The number of nitrogens with zero attached hydrogens (tertiary/aromatic N) is 2. The lowest BCUT2D eigenvalue weighted by atomic mass is 9.98. The largest absolute Gasteiger partial charge is 0.399 e. The Bertz CT molecular complexity index is 718. The fraction of sp³-hybridized carbons (Fsp3) is 0.235. The van der Waals surface area contributed by atoms with Gasteiger partial charge in [0, 0.05) is 30.9 Å². The molecule has 2 aromatic rings. The number of halogens is 1. The molecule has 21 heavy (non-hydrogen) atoms. The maximum atomic E-state index is 14.0. The minimum absolute atomic E-state index is 0.313. The molecule has 3 nitrogen and oxygen atoms in total. The van der Waals surface area contributed by atoms with E-state index in [-0.39, 0.29) is 5.82 Å². The molecule has 0 amide bonds. The van der Waals surface area contributed by atoms with Crippen LogP contribution in [0.25, 0.3) is 0 Å². The molecular formula is C17H16FN3. The molecule has 3 rings (SSSR count). The van der Waals surface area contributed by atoms with Gasteiger partial charge < -0.3 is 5.73 Å². The van der Waals surface area contributed by atoms with Crippen LogP contribution < -0.4 is 5.73 Å². The normalized spacial score (nSPS) is 14.5. The summed E-state index contributed by atoms with van der Waals surface area (Å²) in [6.45, 7) is 2.22. The molecule has 2 N–H and O–H groups in total. The van der Waals surface area contributed by atoms with Gasteiger partial charge in [0.15, 0.2) is 0 Å². The van der Waals surface area contributed by atoms with Crippen molar-refractivity contribution in [3.05, 3.63) is 64.5 Å². The first-order chi connectivity index (χ1) is 10.2. The van der Waals surface area contributed by atoms with Crippen molar-refractivity contribution >= 4 is 5.69 Å². The SMILES string of the molecule is N#Cc1ccc(CN2CCc3ccc(N)cc3C2)c(F)c1. The Kier molecular flexibility index (Phi) is 3.59. The van der Waals surface area contributed by atoms with Crippen LogP contribution in [-0.2, 0) is 19.5 Å². The smallest absolute Gasteiger partial charge is 0.129 e. The number of nitriles is 1. The highest BCUT2D eigenvalue weighted by molar-refractivity contribution is 5.45. The Morgan fingerprint density at radius 2 is 2.05 bits per heavy atom. The minimum atomic E-state index is -0.313. The molecule has 1 aliphatic rings. The molecular weight excluding hydrogens is 265 g/mol. The molecule has 0 aromatic heterocycles. The van der Waals surface area contributed by atoms with Crippen LogP contribution in [0.1, 0.15) is 22.3 Å². The van der Waals surface area contributed by atoms with Crippen LogP contribution in [0, 0.1) is 17.1 Å². The quantitative estimate of drug-likeness (QED) is 0.861. The third-order valence-corrected chi connectivity index (χ3v) is 3.90. The third-order valence-electron chi connectivity index (χ3n) is 3.90. The van der Waals surface area contributed by atoms with E-state index in [2.05, 4.69) is 11.0 Å². The number of hydrogen-bond acceptors (Lipinski definition) is 3. The van der Waals surface area contributed by atoms with E-state index in [0.29, 0.717) is 17.7 Å². The maximum Gasteiger partial charge on any atom is 0.129 e. The van der Waals surface area contributed by atoms with Crippen molar-refractivity contribution in [2.75, 3.05) is 12.3 Å². The van der Waals surface area contributed by atoms with E-state index in [1.165, 1.54) is 17.2 Å². The topological polar surface area (TPSA) is 53.0 Å². The van der Waals surface area contributed by atoms with Gasteiger partial charge >= 0.3 is 0 Å². The standard InChI is InChI=1S/C17H16FN3/c18-17-7-12(9-19)1-2-14(17)10-21-6-5-13-3-4-16(20)8-15(13)11-21/h1-4,7-8H,5-6,10-11,20H2. The van der Waals surface area contributed by atoms with Gasteiger partial charge in [-0.25, -0.2) is 4.39 Å². The van der Waals surface area contributed by atoms with Crippen LogP contribution >= 0.6 is 0 Å². The number of benzene rings is 2. The summed E-state index contributed by atoms with van der Waals surface area (Å²) in [7, 11) is 0. The molecule has 0 radical (unpaired) electrons. The molecule has 2 aromatic carbocycles. The summed E-state index contributed by atoms with van der Waals surface area (Å²) in [6.07, 6.45) is 0.952. The van der Waals surface area contributed by atoms with Crippen molar-refractivity contribution in [2.24, 2.45) is 0 Å². The molecule has 1 heterocycles. The lowest BCUT2D eigenvalue weighted by Gasteiger charge is -2.29. The number of nitrogens with two attached hydrogens (primary N) is 1. The summed E-state index contributed by atoms with van der Waals surface area (Å²) in [5, 5.41) is 8.77. The van der Waals surface area contributed by atoms with E-state index in [1.807, 2.05) is 18.2 Å². The summed E-state index contributed by atoms with van der Waals surface area (Å²) < 4.78 is 14.0. The highest BCUT2D eigenvalue weighted by Crippen LogP contribution is 2.23. The Balaban J connectivity index is 1.77. The monoisotopic (exact) mass is 281 g/mol. The van der Waals surface area contributed by atoms with Crippen molar-refractivity contribution in [3.8, 4) is 6.07 Å². The molecule has 0 unspecified atom stereocenters. The van der Waals surface area contributed by atoms with E-state index in [0.717, 1.165) is 25.2 Å². The van der Waals surface area contributed by atoms with Gasteiger partial charge in [0.2, 0.25) is 0 Å². The molecule has 0 fully saturated rings. The van der Waals surface area contributed by atoms with Crippen molar-refractivity contribution in [3.63, 3.8) is 0 Å². The fourth-order valence-corrected chi connectivity index (χ4v) is 2.76. The second-order valence-corrected chi connectivity index (χ2v) is 5.41. The highest BCUT2D eigenvalue weighted by Gasteiger charge is 2.17. The number of nitrogen functional groups attached to an aromatic ring is 1. The van der Waals surface area contributed by atoms with Crippen molar-refractivity contribution in [1.82, 2.24) is 4.90 Å². The van der Waals surface area contributed by atoms with Crippen LogP contribution in [0.2, 0.25) is 0 Å². The summed E-state index contributed by atoms with van der Waals surface area (Å²) in [5.41, 5.74) is 10.1. The van der Waals surface area contributed by atoms with Crippen molar-refractivity contribution < 1.29 is 4.39 Å². The van der Waals surface area contributed by atoms with E-state index in [9.17, 15) is 4.39 Å². The lowest BCUT2D eigenvalue weighted by Crippen LogP contribution is -2.30. The molecule has 0 bridgehead atoms. The van der Waals surface area contributed by atoms with E-state index < -0.39 is 0 Å². The second-order valence-electron chi connectivity index (χ2n) is 5.41. The number of hydrogen-bond donors (Lipinski definition) is 1. The highest BCUT2D eigenvalue weighted by atomic mass is 19.1. The Morgan fingerprint density at radius 3 is 2.81 bits per heavy atom. The van der Waals surface area contributed by atoms with Crippen molar-refractivity contribution in [2.45, 2.75) is 19.5 Å². The number of fused-ring (bicyclic) bond motifs is 1. The molecule has 0 aliphatic carbocycles. The first-order valence-electron chi connectivity index (χ1n) is 6.94. The predicted molar refractivity (Wildman–Crippen MR) is 79.8 cm³/mol. The fourth-order valence-electron chi connectivity index (χ4n) is 2.76. The Hall–Kier alpha value is -2.38. The summed E-state index contributed by atoms with van der Waals surface area (Å²) in [6, 6.07) is 12.6. The van der Waals surface area contributed by atoms with E-state index in [4.69, 9.17) is 11.0 Å². The maximum absolute atomic E-state index is 14.0. The van der Waals surface area contributed by atoms with Gasteiger partial charge in [0.25, 0.3) is 0 Å². The second kappa shape index (κ2) is 5.55. The van der Waals surface area contributed by atoms with E-state index >= 15 is 0 Å². The molecule has 0 saturated heterocycles. The average Bonchev–Trinajstić information content (AvgIpc) is 2.49. The number of anilines is 1. The summed E-state index contributed by atoms with van der Waals surface area (Å²) in [5.74, 6) is -0.313. The molecule has 0 spiro atoms. The molecule has 1 aliphatic heterocycles. The van der Waals surface area contributed by atoms with Gasteiger partial charge in [-0.05, 0) is 41.8 Å². The summed E-state index contributed by atoms with van der Waals surface area (Å²) >= 11 is 0. The van der Waals surface area contributed by atoms with Crippen LogP contribution in [0.3, 0.4) is 0 Å². The van der Waals surface area contributed by atoms with Gasteiger partial charge in [0.05, 0.1) is 11.6 Å². The Labute approximate surface area is 123 Å². The Morgan fingerprint density at radius 1 is 1.19 bits per heavy atom. The average molecular weight is 281 g/mol. The van der Waals surface area contributed by atoms with Gasteiger partial charge in [-0.3, -0.25) is 4.90 Å². The molecule has 0 saturated carbocycles. The van der Waals surface area contributed by atoms with Gasteiger partial charge in [-0.15, -0.1) is 0 Å². The third kappa shape index (κ3) is 2.88. The lowest BCUT2D eigenvalue weighted by molar-refractivity contribution is 0.242. The zero-order valence-corrected chi connectivity index (χ0v) is 11.6. The first-order valence-corrected chi connectivity index (χ1v) is 6.94. The van der Waals surface area contributed by atoms with Crippen molar-refractivity contribution in [1.29, 1.82) is 5.26 Å². The van der Waals surface area contributed by atoms with Crippen LogP contribution in [0.5, 0.6) is 0 Å². The number of rotatable bonds is 2. The summed E-state index contributed by atoms with van der Waals surface area (Å²) in [4.78, 5) is 2.20. The molecule has 106 valence electrons. The van der Waals surface area contributed by atoms with Gasteiger partial charge in [-0.1, -0.05) is 12.1 Å². The van der Waals surface area contributed by atoms with Gasteiger partial charge in [0.1, 0.15) is 5.82 Å². The van der Waals surface area contributed by atoms with E-state index in [1.54, 1.807) is 12.1 Å². The predicted octanol–water partition coefficient (Wildman–Crippen LogP) is 2.84. The molecule has 0 atom stereocenters. The zero-order chi connectivity index (χ0) is 14.8. The van der Waals surface area contributed by atoms with Gasteiger partial charge in [-0.2, -0.15) is 5.26 Å². The first kappa shape index (κ1) is 13.6. The van der Waals surface area contributed by atoms with Crippen LogP contribution in [0.4, 0.5) is 10.1 Å². The van der Waals surface area contributed by atoms with Crippen LogP contribution in [-0.4, -0.2) is 11.4 Å². The zero-order valence-electron chi connectivity index (χ0n) is 11.6. The minimum Gasteiger partial charge on any atom is -0.399 e.